The predicted octanol–water partition coefficient (Wildman–Crippen LogP) is 2.36. The van der Waals surface area contributed by atoms with Gasteiger partial charge in [0.1, 0.15) is 5.69 Å². The van der Waals surface area contributed by atoms with E-state index in [-0.39, 0.29) is 11.7 Å². The molecule has 0 spiro atoms. The molecule has 1 aromatic rings. The first-order chi connectivity index (χ1) is 9.60. The van der Waals surface area contributed by atoms with Crippen molar-refractivity contribution in [2.75, 3.05) is 25.0 Å². The predicted molar refractivity (Wildman–Crippen MR) is 76.6 cm³/mol. The summed E-state index contributed by atoms with van der Waals surface area (Å²) in [6, 6.07) is 6.49. The fourth-order valence-electron chi connectivity index (χ4n) is 2.54. The molecule has 20 heavy (non-hydrogen) atoms. The summed E-state index contributed by atoms with van der Waals surface area (Å²) in [5.74, 6) is 0. The number of hydrogen-bond acceptors (Lipinski definition) is 5. The van der Waals surface area contributed by atoms with Gasteiger partial charge in [0.2, 0.25) is 0 Å². The molecule has 1 aromatic carbocycles. The van der Waals surface area contributed by atoms with Crippen molar-refractivity contribution in [3.05, 3.63) is 33.9 Å². The molecule has 106 valence electrons. The van der Waals surface area contributed by atoms with Crippen LogP contribution in [0.25, 0.3) is 0 Å². The van der Waals surface area contributed by atoms with Crippen LogP contribution >= 0.6 is 0 Å². The van der Waals surface area contributed by atoms with Crippen molar-refractivity contribution in [1.29, 1.82) is 5.26 Å². The van der Waals surface area contributed by atoms with Crippen molar-refractivity contribution >= 4 is 11.4 Å². The molecule has 1 unspecified atom stereocenters. The van der Waals surface area contributed by atoms with Gasteiger partial charge in [0, 0.05) is 18.7 Å². The van der Waals surface area contributed by atoms with Gasteiger partial charge in [0.15, 0.2) is 0 Å². The Morgan fingerprint density at radius 2 is 2.20 bits per heavy atom. The lowest BCUT2D eigenvalue weighted by Crippen LogP contribution is -2.33. The normalized spacial score (nSPS) is 16.6. The van der Waals surface area contributed by atoms with Crippen LogP contribution in [0, 0.1) is 21.4 Å². The smallest absolute Gasteiger partial charge is 0.292 e. The van der Waals surface area contributed by atoms with E-state index in [1.807, 2.05) is 13.0 Å². The van der Waals surface area contributed by atoms with Gasteiger partial charge in [0.05, 0.1) is 16.6 Å². The molecular formula is C14H18N4O2. The maximum Gasteiger partial charge on any atom is 0.292 e. The van der Waals surface area contributed by atoms with Crippen molar-refractivity contribution in [3.8, 4) is 6.07 Å². The third-order valence-electron chi connectivity index (χ3n) is 3.45. The lowest BCUT2D eigenvalue weighted by molar-refractivity contribution is -0.384. The number of likely N-dealkylation sites (tertiary alicyclic amines) is 1. The van der Waals surface area contributed by atoms with Crippen LogP contribution in [0.5, 0.6) is 0 Å². The average molecular weight is 274 g/mol. The Kier molecular flexibility index (Phi) is 4.53. The van der Waals surface area contributed by atoms with Crippen LogP contribution in [0.4, 0.5) is 11.4 Å². The van der Waals surface area contributed by atoms with E-state index in [1.54, 1.807) is 6.07 Å². The summed E-state index contributed by atoms with van der Waals surface area (Å²) in [5, 5.41) is 23.1. The topological polar surface area (TPSA) is 82.2 Å². The second-order valence-corrected chi connectivity index (χ2v) is 5.15. The molecule has 0 radical (unpaired) electrons. The SMILES string of the molecule is CC(CN1CCCC1)Nc1cc(C#N)ccc1[N+](=O)[O-]. The third kappa shape index (κ3) is 3.45. The number of nitro groups is 1. The molecule has 1 aliphatic rings. The third-order valence-corrected chi connectivity index (χ3v) is 3.45. The van der Waals surface area contributed by atoms with Gasteiger partial charge in [0.25, 0.3) is 5.69 Å². The molecule has 1 atom stereocenters. The number of rotatable bonds is 5. The van der Waals surface area contributed by atoms with Gasteiger partial charge in [-0.2, -0.15) is 5.26 Å². The van der Waals surface area contributed by atoms with Gasteiger partial charge >= 0.3 is 0 Å². The first-order valence-electron chi connectivity index (χ1n) is 6.77. The highest BCUT2D eigenvalue weighted by atomic mass is 16.6. The van der Waals surface area contributed by atoms with E-state index < -0.39 is 4.92 Å². The molecule has 0 saturated carbocycles. The maximum atomic E-state index is 11.0. The molecule has 0 amide bonds. The highest BCUT2D eigenvalue weighted by Crippen LogP contribution is 2.26. The van der Waals surface area contributed by atoms with Crippen molar-refractivity contribution in [1.82, 2.24) is 4.90 Å². The van der Waals surface area contributed by atoms with E-state index in [2.05, 4.69) is 10.2 Å². The monoisotopic (exact) mass is 274 g/mol. The Morgan fingerprint density at radius 1 is 1.50 bits per heavy atom. The zero-order valence-electron chi connectivity index (χ0n) is 11.5. The number of benzene rings is 1. The van der Waals surface area contributed by atoms with Crippen molar-refractivity contribution < 1.29 is 4.92 Å². The average Bonchev–Trinajstić information content (AvgIpc) is 2.90. The van der Waals surface area contributed by atoms with Crippen LogP contribution in [0.2, 0.25) is 0 Å². The molecule has 6 nitrogen and oxygen atoms in total. The molecule has 0 aliphatic carbocycles. The van der Waals surface area contributed by atoms with Gasteiger partial charge < -0.3 is 10.2 Å². The van der Waals surface area contributed by atoms with Gasteiger partial charge in [-0.05, 0) is 45.0 Å². The Balaban J connectivity index is 2.10. The number of nitrogens with one attached hydrogen (secondary N) is 1. The summed E-state index contributed by atoms with van der Waals surface area (Å²) in [7, 11) is 0. The fraction of sp³-hybridized carbons (Fsp3) is 0.500. The minimum atomic E-state index is -0.425. The molecule has 6 heteroatoms. The summed E-state index contributed by atoms with van der Waals surface area (Å²) in [6.07, 6.45) is 2.44. The highest BCUT2D eigenvalue weighted by Gasteiger charge is 2.18. The lowest BCUT2D eigenvalue weighted by atomic mass is 10.1. The summed E-state index contributed by atoms with van der Waals surface area (Å²) >= 11 is 0. The minimum absolute atomic E-state index is 0.0114. The zero-order chi connectivity index (χ0) is 14.5. The van der Waals surface area contributed by atoms with Crippen LogP contribution in [0.1, 0.15) is 25.3 Å². The van der Waals surface area contributed by atoms with Crippen molar-refractivity contribution in [2.45, 2.75) is 25.8 Å². The zero-order valence-corrected chi connectivity index (χ0v) is 11.5. The standard InChI is InChI=1S/C14H18N4O2/c1-11(10-17-6-2-3-7-17)16-13-8-12(9-15)4-5-14(13)18(19)20/h4-5,8,11,16H,2-3,6-7,10H2,1H3. The van der Waals surface area contributed by atoms with Crippen LogP contribution in [0.3, 0.4) is 0 Å². The Labute approximate surface area is 118 Å². The molecule has 1 N–H and O–H groups in total. The molecule has 1 saturated heterocycles. The van der Waals surface area contributed by atoms with E-state index >= 15 is 0 Å². The van der Waals surface area contributed by atoms with Gasteiger partial charge in [-0.3, -0.25) is 10.1 Å². The summed E-state index contributed by atoms with van der Waals surface area (Å²) in [5.41, 5.74) is 0.851. The van der Waals surface area contributed by atoms with Gasteiger partial charge in [-0.25, -0.2) is 0 Å². The van der Waals surface area contributed by atoms with Crippen molar-refractivity contribution in [2.24, 2.45) is 0 Å². The summed E-state index contributed by atoms with van der Waals surface area (Å²) < 4.78 is 0. The second kappa shape index (κ2) is 6.35. The largest absolute Gasteiger partial charge is 0.376 e. The molecule has 0 aromatic heterocycles. The molecular weight excluding hydrogens is 256 g/mol. The van der Waals surface area contributed by atoms with Crippen LogP contribution in [0.15, 0.2) is 18.2 Å². The summed E-state index contributed by atoms with van der Waals surface area (Å²) in [6.45, 7) is 5.04. The number of nitro benzene ring substituents is 1. The van der Waals surface area contributed by atoms with Gasteiger partial charge in [-0.15, -0.1) is 0 Å². The maximum absolute atomic E-state index is 11.0. The Hall–Kier alpha value is -2.13. The van der Waals surface area contributed by atoms with E-state index in [0.29, 0.717) is 11.3 Å². The minimum Gasteiger partial charge on any atom is -0.376 e. The molecule has 1 heterocycles. The number of hydrogen-bond donors (Lipinski definition) is 1. The quantitative estimate of drug-likeness (QED) is 0.658. The Morgan fingerprint density at radius 3 is 2.80 bits per heavy atom. The van der Waals surface area contributed by atoms with Crippen molar-refractivity contribution in [3.63, 3.8) is 0 Å². The molecule has 0 bridgehead atoms. The molecule has 2 rings (SSSR count). The van der Waals surface area contributed by atoms with E-state index in [1.165, 1.54) is 25.0 Å². The lowest BCUT2D eigenvalue weighted by Gasteiger charge is -2.22. The Bertz CT molecular complexity index is 532. The number of nitriles is 1. The molecule has 1 aliphatic heterocycles. The number of anilines is 1. The van der Waals surface area contributed by atoms with E-state index in [4.69, 9.17) is 5.26 Å². The summed E-state index contributed by atoms with van der Waals surface area (Å²) in [4.78, 5) is 12.9. The van der Waals surface area contributed by atoms with Crippen LogP contribution in [-0.4, -0.2) is 35.5 Å². The number of nitrogens with zero attached hydrogens (tertiary/aromatic N) is 3. The fourth-order valence-corrected chi connectivity index (χ4v) is 2.54. The highest BCUT2D eigenvalue weighted by molar-refractivity contribution is 5.64. The van der Waals surface area contributed by atoms with Crippen LogP contribution in [-0.2, 0) is 0 Å². The second-order valence-electron chi connectivity index (χ2n) is 5.15. The molecule has 1 fully saturated rings. The van der Waals surface area contributed by atoms with Gasteiger partial charge in [-0.1, -0.05) is 0 Å². The first-order valence-corrected chi connectivity index (χ1v) is 6.77. The van der Waals surface area contributed by atoms with E-state index in [0.717, 1.165) is 19.6 Å². The van der Waals surface area contributed by atoms with Crippen LogP contribution < -0.4 is 5.32 Å². The van der Waals surface area contributed by atoms with E-state index in [9.17, 15) is 10.1 Å². The first kappa shape index (κ1) is 14.3.